The van der Waals surface area contributed by atoms with Gasteiger partial charge in [0.1, 0.15) is 11.5 Å². The van der Waals surface area contributed by atoms with Crippen LogP contribution in [0.3, 0.4) is 0 Å². The maximum atomic E-state index is 11.6. The number of halogens is 1. The van der Waals surface area contributed by atoms with Crippen LogP contribution in [0.25, 0.3) is 0 Å². The van der Waals surface area contributed by atoms with Gasteiger partial charge in [0, 0.05) is 23.6 Å². The van der Waals surface area contributed by atoms with E-state index >= 15 is 0 Å². The van der Waals surface area contributed by atoms with Gasteiger partial charge in [0.2, 0.25) is 0 Å². The third-order valence-corrected chi connectivity index (χ3v) is 6.73. The van der Waals surface area contributed by atoms with Crippen LogP contribution in [0, 0.1) is 0 Å². The summed E-state index contributed by atoms with van der Waals surface area (Å²) in [6.45, 7) is 3.97. The van der Waals surface area contributed by atoms with Crippen molar-refractivity contribution in [2.45, 2.75) is 31.8 Å². The Hall–Kier alpha value is -2.67. The number of nitrogens with one attached hydrogen (secondary N) is 1. The second kappa shape index (κ2) is 12.2. The van der Waals surface area contributed by atoms with Gasteiger partial charge in [-0.25, -0.2) is 4.79 Å². The number of carbonyl (C=O) groups is 1. The molecule has 34 heavy (non-hydrogen) atoms. The molecule has 0 spiro atoms. The van der Waals surface area contributed by atoms with Crippen molar-refractivity contribution in [1.29, 1.82) is 0 Å². The van der Waals surface area contributed by atoms with E-state index in [0.29, 0.717) is 11.6 Å². The van der Waals surface area contributed by atoms with Crippen molar-refractivity contribution in [2.24, 2.45) is 0 Å². The van der Waals surface area contributed by atoms with E-state index in [1.54, 1.807) is 0 Å². The SMILES string of the molecule is COC(=O)c1ccc(CN2CCCC2CNCCc2ccc(Oc3ccc(Br)cc3)cc2)cc1. The molecule has 1 aliphatic rings. The predicted octanol–water partition coefficient (Wildman–Crippen LogP) is 5.82. The lowest BCUT2D eigenvalue weighted by Crippen LogP contribution is -2.38. The highest BCUT2D eigenvalue weighted by Gasteiger charge is 2.24. The molecule has 5 nitrogen and oxygen atoms in total. The third-order valence-electron chi connectivity index (χ3n) is 6.20. The first-order valence-electron chi connectivity index (χ1n) is 11.7. The van der Waals surface area contributed by atoms with E-state index in [1.807, 2.05) is 60.7 Å². The Balaban J connectivity index is 1.19. The number of ether oxygens (including phenoxy) is 2. The van der Waals surface area contributed by atoms with E-state index in [2.05, 4.69) is 38.3 Å². The van der Waals surface area contributed by atoms with Crippen molar-refractivity contribution in [3.63, 3.8) is 0 Å². The Kier molecular flexibility index (Phi) is 8.74. The fourth-order valence-electron chi connectivity index (χ4n) is 4.30. The van der Waals surface area contributed by atoms with Crippen LogP contribution in [0.5, 0.6) is 11.5 Å². The number of hydrogen-bond acceptors (Lipinski definition) is 5. The Morgan fingerprint density at radius 2 is 1.62 bits per heavy atom. The first-order valence-corrected chi connectivity index (χ1v) is 12.5. The Labute approximate surface area is 210 Å². The third kappa shape index (κ3) is 6.92. The molecule has 0 bridgehead atoms. The van der Waals surface area contributed by atoms with Crippen molar-refractivity contribution in [2.75, 3.05) is 26.7 Å². The molecule has 6 heteroatoms. The highest BCUT2D eigenvalue weighted by atomic mass is 79.9. The first kappa shape index (κ1) is 24.5. The van der Waals surface area contributed by atoms with Crippen molar-refractivity contribution < 1.29 is 14.3 Å². The van der Waals surface area contributed by atoms with Gasteiger partial charge in [-0.1, -0.05) is 40.2 Å². The fourth-order valence-corrected chi connectivity index (χ4v) is 4.56. The van der Waals surface area contributed by atoms with Crippen LogP contribution in [0.1, 0.15) is 34.3 Å². The molecule has 0 aliphatic carbocycles. The van der Waals surface area contributed by atoms with Crippen molar-refractivity contribution in [1.82, 2.24) is 10.2 Å². The average molecular weight is 523 g/mol. The Bertz CT molecular complexity index is 1050. The minimum Gasteiger partial charge on any atom is -0.465 e. The van der Waals surface area contributed by atoms with E-state index in [-0.39, 0.29) is 5.97 Å². The van der Waals surface area contributed by atoms with Gasteiger partial charge in [-0.15, -0.1) is 0 Å². The maximum Gasteiger partial charge on any atom is 0.337 e. The zero-order valence-corrected chi connectivity index (χ0v) is 21.1. The summed E-state index contributed by atoms with van der Waals surface area (Å²) in [7, 11) is 1.41. The van der Waals surface area contributed by atoms with E-state index in [1.165, 1.54) is 31.1 Å². The summed E-state index contributed by atoms with van der Waals surface area (Å²) >= 11 is 3.44. The summed E-state index contributed by atoms with van der Waals surface area (Å²) in [5, 5.41) is 3.64. The number of rotatable bonds is 10. The van der Waals surface area contributed by atoms with Crippen LogP contribution < -0.4 is 10.1 Å². The number of nitrogens with zero attached hydrogens (tertiary/aromatic N) is 1. The highest BCUT2D eigenvalue weighted by molar-refractivity contribution is 9.10. The van der Waals surface area contributed by atoms with Crippen molar-refractivity contribution in [3.05, 3.63) is 94.0 Å². The molecular weight excluding hydrogens is 492 g/mol. The molecule has 0 aromatic heterocycles. The molecule has 1 saturated heterocycles. The van der Waals surface area contributed by atoms with Crippen LogP contribution in [0.2, 0.25) is 0 Å². The van der Waals surface area contributed by atoms with Gasteiger partial charge < -0.3 is 14.8 Å². The molecule has 0 saturated carbocycles. The van der Waals surface area contributed by atoms with Gasteiger partial charge in [-0.2, -0.15) is 0 Å². The van der Waals surface area contributed by atoms with Crippen LogP contribution in [-0.2, 0) is 17.7 Å². The van der Waals surface area contributed by atoms with Gasteiger partial charge in [-0.3, -0.25) is 4.90 Å². The molecule has 1 heterocycles. The smallest absolute Gasteiger partial charge is 0.337 e. The summed E-state index contributed by atoms with van der Waals surface area (Å²) in [6, 6.07) is 24.5. The summed E-state index contributed by atoms with van der Waals surface area (Å²) < 4.78 is 11.7. The van der Waals surface area contributed by atoms with Crippen molar-refractivity contribution in [3.8, 4) is 11.5 Å². The molecule has 1 aliphatic heterocycles. The normalized spacial score (nSPS) is 15.9. The fraction of sp³-hybridized carbons (Fsp3) is 0.321. The second-order valence-electron chi connectivity index (χ2n) is 8.61. The highest BCUT2D eigenvalue weighted by Crippen LogP contribution is 2.24. The van der Waals surface area contributed by atoms with E-state index in [4.69, 9.17) is 9.47 Å². The predicted molar refractivity (Wildman–Crippen MR) is 138 cm³/mol. The largest absolute Gasteiger partial charge is 0.465 e. The monoisotopic (exact) mass is 522 g/mol. The molecular formula is C28H31BrN2O3. The quantitative estimate of drug-likeness (QED) is 0.268. The lowest BCUT2D eigenvalue weighted by atomic mass is 10.1. The van der Waals surface area contributed by atoms with E-state index in [0.717, 1.165) is 48.6 Å². The number of hydrogen-bond donors (Lipinski definition) is 1. The summed E-state index contributed by atoms with van der Waals surface area (Å²) in [5.74, 6) is 1.39. The zero-order valence-electron chi connectivity index (χ0n) is 19.5. The Morgan fingerprint density at radius 3 is 2.29 bits per heavy atom. The maximum absolute atomic E-state index is 11.6. The second-order valence-corrected chi connectivity index (χ2v) is 9.52. The molecule has 1 fully saturated rings. The molecule has 1 unspecified atom stereocenters. The number of esters is 1. The molecule has 0 radical (unpaired) electrons. The van der Waals surface area contributed by atoms with Gasteiger partial charge >= 0.3 is 5.97 Å². The zero-order chi connectivity index (χ0) is 23.8. The van der Waals surface area contributed by atoms with Crippen LogP contribution >= 0.6 is 15.9 Å². The van der Waals surface area contributed by atoms with Crippen LogP contribution in [0.4, 0.5) is 0 Å². The first-order chi connectivity index (χ1) is 16.6. The van der Waals surface area contributed by atoms with Crippen LogP contribution in [-0.4, -0.2) is 43.7 Å². The molecule has 178 valence electrons. The summed E-state index contributed by atoms with van der Waals surface area (Å²) in [4.78, 5) is 14.2. The standard InChI is InChI=1S/C28H31BrN2O3/c1-33-28(32)23-8-4-22(5-9-23)20-31-18-2-3-25(31)19-30-17-16-21-6-12-26(13-7-21)34-27-14-10-24(29)11-15-27/h4-15,25,30H,2-3,16-20H2,1H3. The topological polar surface area (TPSA) is 50.8 Å². The van der Waals surface area contributed by atoms with Crippen molar-refractivity contribution >= 4 is 21.9 Å². The molecule has 0 amide bonds. The molecule has 1 N–H and O–H groups in total. The van der Waals surface area contributed by atoms with E-state index in [9.17, 15) is 4.79 Å². The summed E-state index contributed by atoms with van der Waals surface area (Å²) in [6.07, 6.45) is 3.43. The van der Waals surface area contributed by atoms with E-state index < -0.39 is 0 Å². The van der Waals surface area contributed by atoms with Gasteiger partial charge in [-0.05, 0) is 92.0 Å². The minimum atomic E-state index is -0.290. The molecule has 3 aromatic carbocycles. The number of benzene rings is 3. The van der Waals surface area contributed by atoms with Gasteiger partial charge in [0.25, 0.3) is 0 Å². The lowest BCUT2D eigenvalue weighted by Gasteiger charge is -2.25. The number of methoxy groups -OCH3 is 1. The minimum absolute atomic E-state index is 0.290. The summed E-state index contributed by atoms with van der Waals surface area (Å²) in [5.41, 5.74) is 3.12. The molecule has 4 rings (SSSR count). The lowest BCUT2D eigenvalue weighted by molar-refractivity contribution is 0.0600. The van der Waals surface area contributed by atoms with Gasteiger partial charge in [0.15, 0.2) is 0 Å². The number of carbonyl (C=O) groups excluding carboxylic acids is 1. The van der Waals surface area contributed by atoms with Crippen LogP contribution in [0.15, 0.2) is 77.3 Å². The molecule has 3 aromatic rings. The number of likely N-dealkylation sites (tertiary alicyclic amines) is 1. The average Bonchev–Trinajstić information content (AvgIpc) is 3.31. The van der Waals surface area contributed by atoms with Gasteiger partial charge in [0.05, 0.1) is 12.7 Å². The molecule has 1 atom stereocenters. The Morgan fingerprint density at radius 1 is 0.971 bits per heavy atom.